The number of esters is 2. The lowest BCUT2D eigenvalue weighted by Gasteiger charge is -2.35. The lowest BCUT2D eigenvalue weighted by molar-refractivity contribution is -0.189. The molecule has 4 heterocycles. The lowest BCUT2D eigenvalue weighted by Crippen LogP contribution is -2.47. The van der Waals surface area contributed by atoms with Gasteiger partial charge in [0.25, 0.3) is 15.6 Å². The summed E-state index contributed by atoms with van der Waals surface area (Å²) in [4.78, 5) is 74.3. The first-order chi connectivity index (χ1) is 27.7. The van der Waals surface area contributed by atoms with Crippen LogP contribution in [0.4, 0.5) is 11.4 Å². The molecule has 1 unspecified atom stereocenters. The summed E-state index contributed by atoms with van der Waals surface area (Å²) in [5, 5.41) is 13.1. The van der Waals surface area contributed by atoms with E-state index in [4.69, 9.17) is 25.9 Å². The number of carboxylic acids is 1. The first-order valence-corrected chi connectivity index (χ1v) is 19.5. The van der Waals surface area contributed by atoms with Crippen molar-refractivity contribution in [3.8, 4) is 11.4 Å². The number of fused-ring (bicyclic) bond motifs is 5. The minimum absolute atomic E-state index is 0.0698. The summed E-state index contributed by atoms with van der Waals surface area (Å²) < 4.78 is 41.6. The fraction of sp³-hybridized carbons (Fsp3) is 0.225. The molecule has 298 valence electrons. The SMILES string of the molecule is CC[C@@]1(OC(=O)CCC(=O)NC(CC(=O)O)c2cccc(NS(=O)(=O)c3cccc(N=C(N)N)c3)c2)C(=O)OCc2c1cc1n(c2=O)Cc2cc3ccccc3nc2-1. The van der Waals surface area contributed by atoms with Crippen LogP contribution in [0.3, 0.4) is 0 Å². The monoisotopic (exact) mass is 807 g/mol. The van der Waals surface area contributed by atoms with Crippen molar-refractivity contribution in [2.24, 2.45) is 16.5 Å². The van der Waals surface area contributed by atoms with Gasteiger partial charge in [-0.25, -0.2) is 23.2 Å². The highest BCUT2D eigenvalue weighted by atomic mass is 32.2. The number of aliphatic carboxylic acids is 1. The lowest BCUT2D eigenvalue weighted by atomic mass is 9.85. The summed E-state index contributed by atoms with van der Waals surface area (Å²) in [6, 6.07) is 21.3. The molecule has 0 aliphatic carbocycles. The third kappa shape index (κ3) is 7.68. The van der Waals surface area contributed by atoms with Gasteiger partial charge in [-0.15, -0.1) is 0 Å². The highest BCUT2D eigenvalue weighted by Gasteiger charge is 2.50. The number of hydrogen-bond donors (Lipinski definition) is 5. The van der Waals surface area contributed by atoms with E-state index in [2.05, 4.69) is 15.0 Å². The fourth-order valence-corrected chi connectivity index (χ4v) is 8.23. The molecular weight excluding hydrogens is 771 g/mol. The summed E-state index contributed by atoms with van der Waals surface area (Å²) in [7, 11) is -4.16. The molecule has 2 aliphatic heterocycles. The number of ether oxygens (including phenoxy) is 2. The molecule has 0 fully saturated rings. The predicted octanol–water partition coefficient (Wildman–Crippen LogP) is 3.45. The van der Waals surface area contributed by atoms with Crippen molar-refractivity contribution in [3.63, 3.8) is 0 Å². The van der Waals surface area contributed by atoms with Gasteiger partial charge in [0.05, 0.1) is 58.5 Å². The second-order valence-corrected chi connectivity index (χ2v) is 15.4. The molecule has 58 heavy (non-hydrogen) atoms. The van der Waals surface area contributed by atoms with Crippen molar-refractivity contribution < 1.29 is 42.2 Å². The van der Waals surface area contributed by atoms with E-state index in [9.17, 15) is 37.5 Å². The third-order valence-corrected chi connectivity index (χ3v) is 11.2. The highest BCUT2D eigenvalue weighted by molar-refractivity contribution is 7.92. The number of benzene rings is 3. The molecule has 7 N–H and O–H groups in total. The van der Waals surface area contributed by atoms with Gasteiger partial charge >= 0.3 is 17.9 Å². The van der Waals surface area contributed by atoms with Crippen LogP contribution in [-0.2, 0) is 57.4 Å². The number of carboxylic acid groups (broad SMARTS) is 1. The molecule has 0 bridgehead atoms. The third-order valence-electron chi connectivity index (χ3n) is 9.87. The normalized spacial score (nSPS) is 15.9. The van der Waals surface area contributed by atoms with E-state index in [0.29, 0.717) is 11.4 Å². The molecule has 17 nitrogen and oxygen atoms in total. The van der Waals surface area contributed by atoms with E-state index in [0.717, 1.165) is 16.5 Å². The number of nitrogens with two attached hydrogens (primary N) is 2. The standard InChI is InChI=1S/C40H37N7O10S/c1-2-40(29-18-32-36-24(15-22-7-3-4-12-30(22)45-36)20-47(32)37(52)28(29)21-56-38(40)53)57-35(51)14-13-33(48)44-31(19-34(49)50)23-8-5-10-26(16-23)46-58(54,55)27-11-6-9-25(17-27)43-39(41)42/h3-12,15-18,31,46H,2,13-14,19-21H2,1H3,(H,44,48)(H,49,50)(H4,41,42,43)/t31?,40-/m0/s1. The van der Waals surface area contributed by atoms with Crippen molar-refractivity contribution >= 4 is 62.1 Å². The molecule has 0 spiro atoms. The number of sulfonamides is 1. The minimum Gasteiger partial charge on any atom is -0.481 e. The molecular formula is C40H37N7O10S. The van der Waals surface area contributed by atoms with Crippen LogP contribution < -0.4 is 27.1 Å². The van der Waals surface area contributed by atoms with Crippen LogP contribution in [0, 0.1) is 0 Å². The van der Waals surface area contributed by atoms with E-state index < -0.39 is 70.3 Å². The van der Waals surface area contributed by atoms with Crippen molar-refractivity contribution in [2.75, 3.05) is 4.72 Å². The molecule has 0 saturated heterocycles. The Bertz CT molecular complexity index is 2730. The Morgan fingerprint density at radius 1 is 1.02 bits per heavy atom. The van der Waals surface area contributed by atoms with E-state index in [1.165, 1.54) is 48.5 Å². The van der Waals surface area contributed by atoms with E-state index >= 15 is 0 Å². The Morgan fingerprint density at radius 2 is 1.79 bits per heavy atom. The van der Waals surface area contributed by atoms with Crippen LogP contribution in [0.2, 0.25) is 0 Å². The number of carbonyl (C=O) groups excluding carboxylic acids is 3. The minimum atomic E-state index is -4.16. The molecule has 5 aromatic rings. The Balaban J connectivity index is 1.07. The number of aromatic nitrogens is 2. The molecule has 7 rings (SSSR count). The van der Waals surface area contributed by atoms with Crippen molar-refractivity contribution in [2.45, 2.75) is 62.3 Å². The number of hydrogen-bond acceptors (Lipinski definition) is 11. The average molecular weight is 808 g/mol. The molecule has 0 radical (unpaired) electrons. The summed E-state index contributed by atoms with van der Waals surface area (Å²) in [5.74, 6) is -4.06. The number of rotatable bonds is 13. The van der Waals surface area contributed by atoms with Crippen molar-refractivity contribution in [1.29, 1.82) is 0 Å². The first kappa shape index (κ1) is 39.2. The topological polar surface area (TPSA) is 264 Å². The number of pyridine rings is 2. The number of nitrogens with zero attached hydrogens (tertiary/aromatic N) is 3. The van der Waals surface area contributed by atoms with Crippen molar-refractivity contribution in [1.82, 2.24) is 14.9 Å². The number of aliphatic imine (C=N–C) groups is 1. The number of amides is 1. The fourth-order valence-electron chi connectivity index (χ4n) is 7.14. The van der Waals surface area contributed by atoms with Gasteiger partial charge < -0.3 is 35.9 Å². The van der Waals surface area contributed by atoms with Gasteiger partial charge in [0.15, 0.2) is 5.96 Å². The van der Waals surface area contributed by atoms with Crippen LogP contribution in [0.5, 0.6) is 0 Å². The number of nitrogens with one attached hydrogen (secondary N) is 2. The number of para-hydroxylation sites is 1. The molecule has 2 atom stereocenters. The molecule has 1 amide bonds. The average Bonchev–Trinajstić information content (AvgIpc) is 3.54. The summed E-state index contributed by atoms with van der Waals surface area (Å²) in [6.45, 7) is 1.55. The number of guanidine groups is 1. The zero-order valence-corrected chi connectivity index (χ0v) is 31.7. The summed E-state index contributed by atoms with van der Waals surface area (Å²) >= 11 is 0. The smallest absolute Gasteiger partial charge is 0.355 e. The van der Waals surface area contributed by atoms with Crippen molar-refractivity contribution in [3.05, 3.63) is 118 Å². The summed E-state index contributed by atoms with van der Waals surface area (Å²) in [6.07, 6.45) is -1.65. The first-order valence-electron chi connectivity index (χ1n) is 18.1. The maximum Gasteiger partial charge on any atom is 0.355 e. The quantitative estimate of drug-likeness (QED) is 0.0637. The Labute approximate surface area is 330 Å². The van der Waals surface area contributed by atoms with Gasteiger partial charge in [-0.3, -0.25) is 23.9 Å². The maximum atomic E-state index is 13.8. The molecule has 2 aromatic heterocycles. The molecule has 3 aromatic carbocycles. The van der Waals surface area contributed by atoms with Crippen LogP contribution in [0.15, 0.2) is 99.6 Å². The van der Waals surface area contributed by atoms with Crippen LogP contribution in [-0.4, -0.2) is 52.9 Å². The van der Waals surface area contributed by atoms with E-state index in [1.54, 1.807) is 17.6 Å². The highest BCUT2D eigenvalue weighted by Crippen LogP contribution is 2.41. The number of carbonyl (C=O) groups is 4. The zero-order valence-electron chi connectivity index (χ0n) is 30.9. The Hall–Kier alpha value is -7.08. The van der Waals surface area contributed by atoms with Crippen LogP contribution >= 0.6 is 0 Å². The van der Waals surface area contributed by atoms with Gasteiger partial charge in [0.2, 0.25) is 11.5 Å². The second-order valence-electron chi connectivity index (χ2n) is 13.7. The maximum absolute atomic E-state index is 13.8. The van der Waals surface area contributed by atoms with E-state index in [-0.39, 0.29) is 58.5 Å². The molecule has 2 aliphatic rings. The van der Waals surface area contributed by atoms with Gasteiger partial charge in [0.1, 0.15) is 6.61 Å². The Kier molecular flexibility index (Phi) is 10.4. The van der Waals surface area contributed by atoms with E-state index in [1.807, 2.05) is 30.3 Å². The van der Waals surface area contributed by atoms with Gasteiger partial charge in [0, 0.05) is 28.6 Å². The number of anilines is 1. The zero-order chi connectivity index (χ0) is 41.4. The van der Waals surface area contributed by atoms with Gasteiger partial charge in [-0.2, -0.15) is 0 Å². The van der Waals surface area contributed by atoms with Crippen LogP contribution in [0.1, 0.15) is 60.9 Å². The van der Waals surface area contributed by atoms with Crippen LogP contribution in [0.25, 0.3) is 22.3 Å². The molecule has 0 saturated carbocycles. The number of cyclic esters (lactones) is 1. The van der Waals surface area contributed by atoms with Gasteiger partial charge in [-0.05, 0) is 60.5 Å². The Morgan fingerprint density at radius 3 is 2.55 bits per heavy atom. The van der Waals surface area contributed by atoms with Gasteiger partial charge in [-0.1, -0.05) is 43.3 Å². The second kappa shape index (κ2) is 15.5. The molecule has 18 heteroatoms. The largest absolute Gasteiger partial charge is 0.481 e. The predicted molar refractivity (Wildman–Crippen MR) is 210 cm³/mol. The summed E-state index contributed by atoms with van der Waals surface area (Å²) in [5.41, 5.74) is 11.9.